The molecule has 0 radical (unpaired) electrons. The fraction of sp³-hybridized carbons (Fsp3) is 0.850. The zero-order valence-electron chi connectivity index (χ0n) is 15.0. The van der Waals surface area contributed by atoms with Crippen LogP contribution in [0, 0.1) is 39.7 Å². The number of nitrogens with zero attached hydrogens (tertiary/aromatic N) is 1. The summed E-state index contributed by atoms with van der Waals surface area (Å²) in [5, 5.41) is 20.0. The highest BCUT2D eigenvalue weighted by Crippen LogP contribution is 2.65. The predicted molar refractivity (Wildman–Crippen MR) is 92.1 cm³/mol. The van der Waals surface area contributed by atoms with Gasteiger partial charge in [-0.25, -0.2) is 0 Å². The van der Waals surface area contributed by atoms with Crippen LogP contribution < -0.4 is 0 Å². The second-order valence-corrected chi connectivity index (χ2v) is 9.36. The summed E-state index contributed by atoms with van der Waals surface area (Å²) in [6.07, 6.45) is 10.8. The summed E-state index contributed by atoms with van der Waals surface area (Å²) in [7, 11) is 0. The molecule has 4 rings (SSSR count). The average molecular weight is 332 g/mol. The Morgan fingerprint density at radius 1 is 1.25 bits per heavy atom. The number of carbonyl (C=O) groups excluding carboxylic acids is 1. The predicted octanol–water partition coefficient (Wildman–Crippen LogP) is 4.32. The number of ketones is 1. The third kappa shape index (κ3) is 2.33. The molecule has 0 unspecified atom stereocenters. The molecule has 24 heavy (non-hydrogen) atoms. The van der Waals surface area contributed by atoms with E-state index in [9.17, 15) is 10.0 Å². The Morgan fingerprint density at radius 3 is 2.79 bits per heavy atom. The van der Waals surface area contributed by atoms with Crippen LogP contribution >= 0.6 is 0 Å². The van der Waals surface area contributed by atoms with Crippen LogP contribution in [0.2, 0.25) is 0 Å². The number of hydroxylamine groups is 2. The van der Waals surface area contributed by atoms with Gasteiger partial charge in [0.15, 0.2) is 0 Å². The van der Waals surface area contributed by atoms with Crippen molar-refractivity contribution in [2.24, 2.45) is 34.5 Å². The molecule has 1 N–H and O–H groups in total. The summed E-state index contributed by atoms with van der Waals surface area (Å²) in [4.78, 5) is 12.4. The number of fused-ring (bicyclic) bond motifs is 5. The van der Waals surface area contributed by atoms with E-state index in [0.29, 0.717) is 29.0 Å². The van der Waals surface area contributed by atoms with Gasteiger partial charge in [-0.15, -0.1) is 0 Å². The van der Waals surface area contributed by atoms with Crippen molar-refractivity contribution in [2.45, 2.75) is 65.2 Å². The molecule has 134 valence electrons. The fourth-order valence-corrected chi connectivity index (χ4v) is 7.03. The van der Waals surface area contributed by atoms with Crippen molar-refractivity contribution < 1.29 is 10.0 Å². The first kappa shape index (κ1) is 16.7. The Morgan fingerprint density at radius 2 is 2.04 bits per heavy atom. The van der Waals surface area contributed by atoms with Crippen LogP contribution in [0.3, 0.4) is 0 Å². The van der Waals surface area contributed by atoms with Gasteiger partial charge < -0.3 is 10.4 Å². The zero-order chi connectivity index (χ0) is 17.1. The van der Waals surface area contributed by atoms with Gasteiger partial charge in [0.25, 0.3) is 0 Å². The van der Waals surface area contributed by atoms with Gasteiger partial charge in [0.2, 0.25) is 0 Å². The molecule has 0 amide bonds. The van der Waals surface area contributed by atoms with Gasteiger partial charge in [0.05, 0.1) is 0 Å². The lowest BCUT2D eigenvalue weighted by atomic mass is 9.45. The Bertz CT molecular complexity index is 571. The van der Waals surface area contributed by atoms with E-state index in [-0.39, 0.29) is 17.2 Å². The standard InChI is InChI=1S/C20H30NO3/c1-19-9-7-13(12-21(23)24)11-14(19)3-4-15-16-5-6-18(22)20(16,2)10-8-17(15)19/h7,14-17,23H,3-6,8-12H2,1-2H3/q-1/t14-,15+,16-,17-,19-,20-/m0/s1. The summed E-state index contributed by atoms with van der Waals surface area (Å²) in [6, 6.07) is 0. The Labute approximate surface area is 144 Å². The Balaban J connectivity index is 1.58. The van der Waals surface area contributed by atoms with Crippen molar-refractivity contribution in [3.63, 3.8) is 0 Å². The maximum Gasteiger partial charge on any atom is 0.139 e. The molecular weight excluding hydrogens is 302 g/mol. The molecule has 0 aromatic heterocycles. The third-order valence-corrected chi connectivity index (χ3v) is 8.45. The summed E-state index contributed by atoms with van der Waals surface area (Å²) < 4.78 is 0. The molecule has 0 aliphatic heterocycles. The second kappa shape index (κ2) is 5.65. The van der Waals surface area contributed by atoms with Crippen molar-refractivity contribution in [2.75, 3.05) is 6.54 Å². The number of hydrogen-bond acceptors (Lipinski definition) is 4. The Kier molecular flexibility index (Phi) is 3.94. The normalized spacial score (nSPS) is 47.9. The molecule has 4 aliphatic carbocycles. The highest BCUT2D eigenvalue weighted by Gasteiger charge is 2.59. The molecule has 3 fully saturated rings. The summed E-state index contributed by atoms with van der Waals surface area (Å²) in [5.74, 6) is 3.17. The maximum absolute atomic E-state index is 12.4. The maximum atomic E-state index is 12.4. The number of allylic oxidation sites excluding steroid dienone is 1. The second-order valence-electron chi connectivity index (χ2n) is 9.36. The SMILES string of the molecule is C[C@]12CC=C(CN([O-])O)C[C@@H]1CC[C@H]1[C@@H]2CC[C@]2(C)C(=O)CC[C@@H]12. The topological polar surface area (TPSA) is 63.6 Å². The van der Waals surface area contributed by atoms with Crippen LogP contribution in [-0.4, -0.2) is 22.8 Å². The summed E-state index contributed by atoms with van der Waals surface area (Å²) >= 11 is 0. The molecule has 0 heterocycles. The molecular formula is C20H30NO3-. The minimum atomic E-state index is -0.0417. The third-order valence-electron chi connectivity index (χ3n) is 8.45. The van der Waals surface area contributed by atoms with Crippen molar-refractivity contribution in [1.29, 1.82) is 0 Å². The molecule has 6 atom stereocenters. The molecule has 4 heteroatoms. The largest absolute Gasteiger partial charge is 0.762 e. The van der Waals surface area contributed by atoms with Crippen LogP contribution in [0.5, 0.6) is 0 Å². The molecule has 4 nitrogen and oxygen atoms in total. The Hall–Kier alpha value is -0.710. The van der Waals surface area contributed by atoms with Gasteiger partial charge in [0.1, 0.15) is 5.78 Å². The number of rotatable bonds is 2. The molecule has 0 bridgehead atoms. The first-order valence-electron chi connectivity index (χ1n) is 9.69. The van der Waals surface area contributed by atoms with Gasteiger partial charge in [-0.3, -0.25) is 10.0 Å². The van der Waals surface area contributed by atoms with Crippen molar-refractivity contribution in [3.05, 3.63) is 16.9 Å². The van der Waals surface area contributed by atoms with Crippen LogP contribution in [0.4, 0.5) is 0 Å². The average Bonchev–Trinajstić information content (AvgIpc) is 2.83. The summed E-state index contributed by atoms with van der Waals surface area (Å²) in [5.41, 5.74) is 1.37. The molecule has 3 saturated carbocycles. The van der Waals surface area contributed by atoms with Gasteiger partial charge in [-0.2, -0.15) is 0 Å². The first-order valence-corrected chi connectivity index (χ1v) is 9.69. The van der Waals surface area contributed by atoms with E-state index in [1.54, 1.807) is 0 Å². The lowest BCUT2D eigenvalue weighted by Gasteiger charge is -2.59. The summed E-state index contributed by atoms with van der Waals surface area (Å²) in [6.45, 7) is 4.82. The van der Waals surface area contributed by atoms with E-state index < -0.39 is 0 Å². The van der Waals surface area contributed by atoms with Crippen LogP contribution in [0.15, 0.2) is 11.6 Å². The lowest BCUT2D eigenvalue weighted by Crippen LogP contribution is -2.52. The van der Waals surface area contributed by atoms with E-state index in [1.807, 2.05) is 0 Å². The van der Waals surface area contributed by atoms with Crippen molar-refractivity contribution in [1.82, 2.24) is 5.23 Å². The monoisotopic (exact) mass is 332 g/mol. The molecule has 0 aromatic carbocycles. The molecule has 0 spiro atoms. The van der Waals surface area contributed by atoms with Crippen LogP contribution in [-0.2, 0) is 4.79 Å². The zero-order valence-corrected chi connectivity index (χ0v) is 15.0. The van der Waals surface area contributed by atoms with Crippen LogP contribution in [0.1, 0.15) is 65.2 Å². The van der Waals surface area contributed by atoms with Gasteiger partial charge in [0, 0.05) is 18.4 Å². The van der Waals surface area contributed by atoms with E-state index >= 15 is 0 Å². The molecule has 0 saturated heterocycles. The minimum Gasteiger partial charge on any atom is -0.762 e. The van der Waals surface area contributed by atoms with Gasteiger partial charge in [-0.1, -0.05) is 25.5 Å². The van der Waals surface area contributed by atoms with E-state index in [0.717, 1.165) is 43.6 Å². The number of carbonyl (C=O) groups is 1. The first-order chi connectivity index (χ1) is 11.3. The van der Waals surface area contributed by atoms with Gasteiger partial charge in [-0.05, 0) is 74.0 Å². The van der Waals surface area contributed by atoms with E-state index in [2.05, 4.69) is 19.9 Å². The molecule has 4 aliphatic rings. The highest BCUT2D eigenvalue weighted by atomic mass is 16.8. The minimum absolute atomic E-state index is 0.0417. The van der Waals surface area contributed by atoms with Crippen LogP contribution in [0.25, 0.3) is 0 Å². The fourth-order valence-electron chi connectivity index (χ4n) is 7.03. The van der Waals surface area contributed by atoms with E-state index in [1.165, 1.54) is 19.3 Å². The van der Waals surface area contributed by atoms with Crippen molar-refractivity contribution >= 4 is 5.78 Å². The van der Waals surface area contributed by atoms with E-state index in [4.69, 9.17) is 5.21 Å². The van der Waals surface area contributed by atoms with Gasteiger partial charge >= 0.3 is 0 Å². The smallest absolute Gasteiger partial charge is 0.139 e. The quantitative estimate of drug-likeness (QED) is 0.604. The lowest BCUT2D eigenvalue weighted by molar-refractivity contribution is -0.136. The number of Topliss-reactive ketones (excluding diaryl/α,β-unsaturated/α-hetero) is 1. The molecule has 0 aromatic rings. The highest BCUT2D eigenvalue weighted by molar-refractivity contribution is 5.87. The van der Waals surface area contributed by atoms with Crippen molar-refractivity contribution in [3.8, 4) is 0 Å². The number of hydrogen-bond donors (Lipinski definition) is 1.